The van der Waals surface area contributed by atoms with Gasteiger partial charge in [0, 0.05) is 13.1 Å². The molecule has 14 heavy (non-hydrogen) atoms. The molecule has 4 heteroatoms. The smallest absolute Gasteiger partial charge is 0.252 e. The van der Waals surface area contributed by atoms with Gasteiger partial charge in [0.1, 0.15) is 0 Å². The summed E-state index contributed by atoms with van der Waals surface area (Å²) in [5.74, 6) is -0.644. The molecule has 0 bridgehead atoms. The normalized spacial score (nSPS) is 19.9. The van der Waals surface area contributed by atoms with Crippen LogP contribution in [0.3, 0.4) is 0 Å². The molecule has 3 N–H and O–H groups in total. The van der Waals surface area contributed by atoms with E-state index in [-0.39, 0.29) is 11.8 Å². The predicted octanol–water partition coefficient (Wildman–Crippen LogP) is 0.379. The van der Waals surface area contributed by atoms with Crippen molar-refractivity contribution in [3.63, 3.8) is 0 Å². The third kappa shape index (κ3) is 1.49. The van der Waals surface area contributed by atoms with E-state index in [1.165, 1.54) is 0 Å². The Morgan fingerprint density at radius 3 is 3.07 bits per heavy atom. The molecular weight excluding hydrogens is 180 g/mol. The van der Waals surface area contributed by atoms with Gasteiger partial charge in [-0.1, -0.05) is 24.3 Å². The Balaban J connectivity index is 2.35. The van der Waals surface area contributed by atoms with E-state index in [4.69, 9.17) is 5.21 Å². The number of carbonyl (C=O) groups excluding carboxylic acids is 1. The van der Waals surface area contributed by atoms with Crippen molar-refractivity contribution in [3.8, 4) is 0 Å². The Bertz CT molecular complexity index is 352. The molecule has 1 amide bonds. The summed E-state index contributed by atoms with van der Waals surface area (Å²) in [6.07, 6.45) is 0. The lowest BCUT2D eigenvalue weighted by molar-refractivity contribution is -0.130. The van der Waals surface area contributed by atoms with Crippen molar-refractivity contribution < 1.29 is 10.0 Å². The largest absolute Gasteiger partial charge is 0.312 e. The van der Waals surface area contributed by atoms with E-state index < -0.39 is 0 Å². The Labute approximate surface area is 81.9 Å². The van der Waals surface area contributed by atoms with Gasteiger partial charge in [0.2, 0.25) is 0 Å². The number of nitrogens with one attached hydrogen (secondary N) is 2. The van der Waals surface area contributed by atoms with Gasteiger partial charge < -0.3 is 5.32 Å². The number of benzene rings is 1. The lowest BCUT2D eigenvalue weighted by Crippen LogP contribution is -2.37. The molecule has 0 saturated carbocycles. The maximum absolute atomic E-state index is 11.3. The number of amides is 1. The summed E-state index contributed by atoms with van der Waals surface area (Å²) >= 11 is 0. The van der Waals surface area contributed by atoms with Crippen molar-refractivity contribution in [1.82, 2.24) is 10.8 Å². The van der Waals surface area contributed by atoms with Crippen LogP contribution in [0.25, 0.3) is 0 Å². The highest BCUT2D eigenvalue weighted by molar-refractivity contribution is 5.83. The SMILES string of the molecule is O=C(NO)C1CNCc2ccccc21. The zero-order chi connectivity index (χ0) is 9.97. The van der Waals surface area contributed by atoms with E-state index in [1.807, 2.05) is 24.3 Å². The van der Waals surface area contributed by atoms with Gasteiger partial charge in [-0.2, -0.15) is 0 Å². The van der Waals surface area contributed by atoms with Crippen LogP contribution in [0.2, 0.25) is 0 Å². The highest BCUT2D eigenvalue weighted by atomic mass is 16.5. The maximum atomic E-state index is 11.3. The molecule has 1 aliphatic rings. The first-order chi connectivity index (χ1) is 6.83. The quantitative estimate of drug-likeness (QED) is 0.445. The summed E-state index contributed by atoms with van der Waals surface area (Å²) in [4.78, 5) is 11.3. The Hall–Kier alpha value is -1.39. The fourth-order valence-electron chi connectivity index (χ4n) is 1.81. The maximum Gasteiger partial charge on any atom is 0.252 e. The fraction of sp³-hybridized carbons (Fsp3) is 0.300. The molecule has 1 heterocycles. The summed E-state index contributed by atoms with van der Waals surface area (Å²) in [5.41, 5.74) is 3.81. The van der Waals surface area contributed by atoms with Crippen molar-refractivity contribution in [2.24, 2.45) is 0 Å². The van der Waals surface area contributed by atoms with Crippen LogP contribution in [0.5, 0.6) is 0 Å². The summed E-state index contributed by atoms with van der Waals surface area (Å²) in [6.45, 7) is 1.36. The fourth-order valence-corrected chi connectivity index (χ4v) is 1.81. The Morgan fingerprint density at radius 1 is 1.50 bits per heavy atom. The van der Waals surface area contributed by atoms with Crippen LogP contribution in [-0.4, -0.2) is 17.7 Å². The second-order valence-electron chi connectivity index (χ2n) is 3.36. The first kappa shape index (κ1) is 9.18. The summed E-state index contributed by atoms with van der Waals surface area (Å²) < 4.78 is 0. The number of carbonyl (C=O) groups is 1. The molecule has 1 aliphatic heterocycles. The van der Waals surface area contributed by atoms with E-state index in [0.29, 0.717) is 6.54 Å². The number of hydroxylamine groups is 1. The first-order valence-corrected chi connectivity index (χ1v) is 4.55. The summed E-state index contributed by atoms with van der Waals surface area (Å²) in [7, 11) is 0. The van der Waals surface area contributed by atoms with Crippen molar-refractivity contribution in [1.29, 1.82) is 0 Å². The van der Waals surface area contributed by atoms with Crippen LogP contribution in [-0.2, 0) is 11.3 Å². The van der Waals surface area contributed by atoms with Crippen LogP contribution in [0, 0.1) is 0 Å². The van der Waals surface area contributed by atoms with Gasteiger partial charge in [0.05, 0.1) is 5.92 Å². The minimum atomic E-state index is -0.357. The Morgan fingerprint density at radius 2 is 2.29 bits per heavy atom. The molecule has 0 radical (unpaired) electrons. The summed E-state index contributed by atoms with van der Waals surface area (Å²) in [6, 6.07) is 7.76. The van der Waals surface area contributed by atoms with Crippen LogP contribution < -0.4 is 10.8 Å². The second-order valence-corrected chi connectivity index (χ2v) is 3.36. The average molecular weight is 192 g/mol. The monoisotopic (exact) mass is 192 g/mol. The standard InChI is InChI=1S/C10H12N2O2/c13-10(12-14)9-6-11-5-7-3-1-2-4-8(7)9/h1-4,9,11,14H,5-6H2,(H,12,13). The Kier molecular flexibility index (Phi) is 2.47. The molecule has 0 aromatic heterocycles. The molecule has 1 unspecified atom stereocenters. The van der Waals surface area contributed by atoms with E-state index in [2.05, 4.69) is 5.32 Å². The van der Waals surface area contributed by atoms with Gasteiger partial charge in [0.25, 0.3) is 5.91 Å². The van der Waals surface area contributed by atoms with Crippen molar-refractivity contribution in [2.75, 3.05) is 6.54 Å². The number of rotatable bonds is 1. The van der Waals surface area contributed by atoms with Gasteiger partial charge in [-0.05, 0) is 11.1 Å². The topological polar surface area (TPSA) is 61.4 Å². The predicted molar refractivity (Wildman–Crippen MR) is 50.8 cm³/mol. The molecule has 1 atom stereocenters. The number of hydrogen-bond acceptors (Lipinski definition) is 3. The van der Waals surface area contributed by atoms with Crippen molar-refractivity contribution in [3.05, 3.63) is 35.4 Å². The van der Waals surface area contributed by atoms with E-state index in [0.717, 1.165) is 17.7 Å². The highest BCUT2D eigenvalue weighted by Gasteiger charge is 2.25. The summed E-state index contributed by atoms with van der Waals surface area (Å²) in [5, 5.41) is 11.7. The van der Waals surface area contributed by atoms with Crippen LogP contribution in [0.4, 0.5) is 0 Å². The zero-order valence-electron chi connectivity index (χ0n) is 7.66. The second kappa shape index (κ2) is 3.77. The number of hydrogen-bond donors (Lipinski definition) is 3. The molecule has 1 aromatic rings. The molecular formula is C10H12N2O2. The van der Waals surface area contributed by atoms with Crippen LogP contribution >= 0.6 is 0 Å². The lowest BCUT2D eigenvalue weighted by Gasteiger charge is -2.24. The minimum Gasteiger partial charge on any atom is -0.312 e. The minimum absolute atomic E-state index is 0.287. The number of fused-ring (bicyclic) bond motifs is 1. The van der Waals surface area contributed by atoms with E-state index in [1.54, 1.807) is 5.48 Å². The van der Waals surface area contributed by atoms with Gasteiger partial charge in [-0.3, -0.25) is 10.0 Å². The van der Waals surface area contributed by atoms with Gasteiger partial charge >= 0.3 is 0 Å². The third-order valence-electron chi connectivity index (χ3n) is 2.52. The first-order valence-electron chi connectivity index (χ1n) is 4.55. The van der Waals surface area contributed by atoms with Gasteiger partial charge in [0.15, 0.2) is 0 Å². The molecule has 74 valence electrons. The van der Waals surface area contributed by atoms with E-state index >= 15 is 0 Å². The van der Waals surface area contributed by atoms with Crippen LogP contribution in [0.15, 0.2) is 24.3 Å². The van der Waals surface area contributed by atoms with E-state index in [9.17, 15) is 4.79 Å². The van der Waals surface area contributed by atoms with Crippen molar-refractivity contribution in [2.45, 2.75) is 12.5 Å². The average Bonchev–Trinajstić information content (AvgIpc) is 2.27. The highest BCUT2D eigenvalue weighted by Crippen LogP contribution is 2.23. The molecule has 1 aromatic carbocycles. The van der Waals surface area contributed by atoms with Gasteiger partial charge in [-0.15, -0.1) is 0 Å². The third-order valence-corrected chi connectivity index (χ3v) is 2.52. The molecule has 0 spiro atoms. The molecule has 4 nitrogen and oxygen atoms in total. The zero-order valence-corrected chi connectivity index (χ0v) is 7.66. The molecule has 2 rings (SSSR count). The molecule has 0 saturated heterocycles. The molecule has 0 fully saturated rings. The van der Waals surface area contributed by atoms with Crippen LogP contribution in [0.1, 0.15) is 17.0 Å². The van der Waals surface area contributed by atoms with Gasteiger partial charge in [-0.25, -0.2) is 5.48 Å². The lowest BCUT2D eigenvalue weighted by atomic mass is 9.90. The molecule has 0 aliphatic carbocycles. The van der Waals surface area contributed by atoms with Crippen molar-refractivity contribution >= 4 is 5.91 Å².